The van der Waals surface area contributed by atoms with E-state index in [0.29, 0.717) is 0 Å². The summed E-state index contributed by atoms with van der Waals surface area (Å²) < 4.78 is 0. The van der Waals surface area contributed by atoms with Gasteiger partial charge in [0.05, 0.1) is 6.07 Å². The standard InChI is InChI=1S/C22H19N/c1-18(19-11-5-2-6-12-19)22(17-23,20-13-7-3-8-14-20)21-15-9-4-10-16-21/h2-16,18H,1H3/t18-/m1/s1. The third-order valence-corrected chi connectivity index (χ3v) is 4.58. The van der Waals surface area contributed by atoms with E-state index in [-0.39, 0.29) is 5.92 Å². The molecule has 1 atom stereocenters. The average Bonchev–Trinajstić information content (AvgIpc) is 2.65. The fourth-order valence-electron chi connectivity index (χ4n) is 3.29. The van der Waals surface area contributed by atoms with Gasteiger partial charge in [-0.1, -0.05) is 97.9 Å². The van der Waals surface area contributed by atoms with Crippen molar-refractivity contribution in [3.8, 4) is 6.07 Å². The summed E-state index contributed by atoms with van der Waals surface area (Å²) in [6, 6.07) is 33.1. The van der Waals surface area contributed by atoms with Crippen LogP contribution in [0.1, 0.15) is 29.5 Å². The molecular weight excluding hydrogens is 278 g/mol. The molecular formula is C22H19N. The molecule has 0 saturated heterocycles. The Labute approximate surface area is 137 Å². The maximum absolute atomic E-state index is 10.3. The minimum atomic E-state index is -0.704. The normalized spacial score (nSPS) is 12.3. The van der Waals surface area contributed by atoms with Crippen molar-refractivity contribution in [3.05, 3.63) is 108 Å². The lowest BCUT2D eigenvalue weighted by molar-refractivity contribution is 0.541. The molecule has 0 saturated carbocycles. The smallest absolute Gasteiger partial charge is 0.114 e. The van der Waals surface area contributed by atoms with Crippen LogP contribution in [0.3, 0.4) is 0 Å². The lowest BCUT2D eigenvalue weighted by Crippen LogP contribution is -2.32. The fraction of sp³-hybridized carbons (Fsp3) is 0.136. The molecule has 0 heterocycles. The Kier molecular flexibility index (Phi) is 4.26. The van der Waals surface area contributed by atoms with Gasteiger partial charge < -0.3 is 0 Å². The van der Waals surface area contributed by atoms with Crippen LogP contribution in [0.25, 0.3) is 0 Å². The van der Waals surface area contributed by atoms with Gasteiger partial charge in [0.2, 0.25) is 0 Å². The highest BCUT2D eigenvalue weighted by Crippen LogP contribution is 2.43. The second-order valence-electron chi connectivity index (χ2n) is 5.78. The van der Waals surface area contributed by atoms with Gasteiger partial charge in [-0.05, 0) is 16.7 Å². The van der Waals surface area contributed by atoms with Crippen LogP contribution < -0.4 is 0 Å². The van der Waals surface area contributed by atoms with Crippen molar-refractivity contribution < 1.29 is 0 Å². The quantitative estimate of drug-likeness (QED) is 0.641. The van der Waals surface area contributed by atoms with Crippen LogP contribution in [-0.2, 0) is 5.41 Å². The molecule has 0 aliphatic carbocycles. The summed E-state index contributed by atoms with van der Waals surface area (Å²) >= 11 is 0. The molecule has 0 aromatic heterocycles. The molecule has 0 aliphatic rings. The van der Waals surface area contributed by atoms with Crippen molar-refractivity contribution in [1.82, 2.24) is 0 Å². The van der Waals surface area contributed by atoms with Crippen molar-refractivity contribution in [2.75, 3.05) is 0 Å². The molecule has 0 spiro atoms. The van der Waals surface area contributed by atoms with Gasteiger partial charge in [-0.15, -0.1) is 0 Å². The largest absolute Gasteiger partial charge is 0.197 e. The maximum Gasteiger partial charge on any atom is 0.114 e. The van der Waals surface area contributed by atoms with Crippen molar-refractivity contribution in [3.63, 3.8) is 0 Å². The van der Waals surface area contributed by atoms with Gasteiger partial charge in [-0.3, -0.25) is 0 Å². The highest BCUT2D eigenvalue weighted by Gasteiger charge is 2.40. The van der Waals surface area contributed by atoms with Gasteiger partial charge in [-0.2, -0.15) is 5.26 Å². The Hall–Kier alpha value is -2.85. The molecule has 1 heteroatoms. The second kappa shape index (κ2) is 6.50. The Morgan fingerprint density at radius 3 is 1.48 bits per heavy atom. The predicted molar refractivity (Wildman–Crippen MR) is 94.1 cm³/mol. The van der Waals surface area contributed by atoms with Crippen molar-refractivity contribution in [2.45, 2.75) is 18.3 Å². The van der Waals surface area contributed by atoms with Crippen LogP contribution in [0.5, 0.6) is 0 Å². The van der Waals surface area contributed by atoms with Crippen LogP contribution in [0.15, 0.2) is 91.0 Å². The molecule has 112 valence electrons. The third kappa shape index (κ3) is 2.64. The zero-order chi connectivity index (χ0) is 16.1. The Bertz CT molecular complexity index is 746. The lowest BCUT2D eigenvalue weighted by atomic mass is 9.65. The molecule has 0 bridgehead atoms. The summed E-state index contributed by atoms with van der Waals surface area (Å²) in [5.41, 5.74) is 2.53. The zero-order valence-corrected chi connectivity index (χ0v) is 13.2. The van der Waals surface area contributed by atoms with E-state index in [1.54, 1.807) is 0 Å². The first-order valence-corrected chi connectivity index (χ1v) is 7.86. The number of nitriles is 1. The number of hydrogen-bond donors (Lipinski definition) is 0. The van der Waals surface area contributed by atoms with Gasteiger partial charge in [-0.25, -0.2) is 0 Å². The first-order chi connectivity index (χ1) is 11.3. The Morgan fingerprint density at radius 1 is 0.696 bits per heavy atom. The SMILES string of the molecule is C[C@H](c1ccccc1)C(C#N)(c1ccccc1)c1ccccc1. The molecule has 0 unspecified atom stereocenters. The first-order valence-electron chi connectivity index (χ1n) is 7.86. The van der Waals surface area contributed by atoms with E-state index < -0.39 is 5.41 Å². The van der Waals surface area contributed by atoms with E-state index in [1.165, 1.54) is 5.56 Å². The molecule has 1 nitrogen and oxygen atoms in total. The molecule has 3 aromatic rings. The third-order valence-electron chi connectivity index (χ3n) is 4.58. The summed E-state index contributed by atoms with van der Waals surface area (Å²) in [4.78, 5) is 0. The summed E-state index contributed by atoms with van der Waals surface area (Å²) in [6.45, 7) is 2.14. The molecule has 3 aromatic carbocycles. The monoisotopic (exact) mass is 297 g/mol. The molecule has 0 N–H and O–H groups in total. The van der Waals surface area contributed by atoms with Crippen molar-refractivity contribution >= 4 is 0 Å². The molecule has 0 amide bonds. The Morgan fingerprint density at radius 2 is 1.09 bits per heavy atom. The van der Waals surface area contributed by atoms with E-state index in [9.17, 15) is 5.26 Å². The van der Waals surface area contributed by atoms with Crippen LogP contribution in [-0.4, -0.2) is 0 Å². The van der Waals surface area contributed by atoms with E-state index in [0.717, 1.165) is 11.1 Å². The second-order valence-corrected chi connectivity index (χ2v) is 5.78. The van der Waals surface area contributed by atoms with Gasteiger partial charge in [0.25, 0.3) is 0 Å². The minimum absolute atomic E-state index is 0.0403. The Balaban J connectivity index is 2.24. The molecule has 23 heavy (non-hydrogen) atoms. The summed E-state index contributed by atoms with van der Waals surface area (Å²) in [6.07, 6.45) is 0. The molecule has 0 fully saturated rings. The zero-order valence-electron chi connectivity index (χ0n) is 13.2. The van der Waals surface area contributed by atoms with Crippen LogP contribution >= 0.6 is 0 Å². The number of rotatable bonds is 4. The molecule has 3 rings (SSSR count). The van der Waals surface area contributed by atoms with Crippen LogP contribution in [0, 0.1) is 11.3 Å². The van der Waals surface area contributed by atoms with Crippen LogP contribution in [0.2, 0.25) is 0 Å². The highest BCUT2D eigenvalue weighted by molar-refractivity contribution is 5.50. The van der Waals surface area contributed by atoms with E-state index in [1.807, 2.05) is 54.6 Å². The van der Waals surface area contributed by atoms with Gasteiger partial charge >= 0.3 is 0 Å². The topological polar surface area (TPSA) is 23.8 Å². The van der Waals surface area contributed by atoms with Crippen molar-refractivity contribution in [2.24, 2.45) is 0 Å². The van der Waals surface area contributed by atoms with Crippen molar-refractivity contribution in [1.29, 1.82) is 5.26 Å². The maximum atomic E-state index is 10.3. The number of nitrogens with zero attached hydrogens (tertiary/aromatic N) is 1. The van der Waals surface area contributed by atoms with E-state index in [4.69, 9.17) is 0 Å². The van der Waals surface area contributed by atoms with Crippen LogP contribution in [0.4, 0.5) is 0 Å². The van der Waals surface area contributed by atoms with Gasteiger partial charge in [0.1, 0.15) is 5.41 Å². The van der Waals surface area contributed by atoms with Gasteiger partial charge in [0, 0.05) is 5.92 Å². The number of hydrogen-bond acceptors (Lipinski definition) is 1. The summed E-state index contributed by atoms with van der Waals surface area (Å²) in [7, 11) is 0. The first kappa shape index (κ1) is 15.1. The lowest BCUT2D eigenvalue weighted by Gasteiger charge is -2.34. The van der Waals surface area contributed by atoms with E-state index >= 15 is 0 Å². The average molecular weight is 297 g/mol. The summed E-state index contributed by atoms with van der Waals surface area (Å²) in [5, 5.41) is 10.3. The number of benzene rings is 3. The summed E-state index contributed by atoms with van der Waals surface area (Å²) in [5.74, 6) is 0.0403. The highest BCUT2D eigenvalue weighted by atomic mass is 14.4. The predicted octanol–water partition coefficient (Wildman–Crippen LogP) is 5.30. The fourth-order valence-corrected chi connectivity index (χ4v) is 3.29. The molecule has 0 radical (unpaired) electrons. The van der Waals surface area contributed by atoms with E-state index in [2.05, 4.69) is 49.4 Å². The van der Waals surface area contributed by atoms with Gasteiger partial charge in [0.15, 0.2) is 0 Å². The minimum Gasteiger partial charge on any atom is -0.197 e. The molecule has 0 aliphatic heterocycles.